The van der Waals surface area contributed by atoms with Crippen LogP contribution in [0.3, 0.4) is 0 Å². The second-order valence-corrected chi connectivity index (χ2v) is 3.98. The van der Waals surface area contributed by atoms with E-state index in [0.717, 1.165) is 0 Å². The lowest BCUT2D eigenvalue weighted by Gasteiger charge is -2.00. The van der Waals surface area contributed by atoms with E-state index in [1.54, 1.807) is 0 Å². The van der Waals surface area contributed by atoms with Crippen LogP contribution < -0.4 is 0 Å². The number of Topliss-reactive ketones (excluding diaryl/α,β-unsaturated/α-hetero) is 1. The van der Waals surface area contributed by atoms with Crippen LogP contribution in [-0.4, -0.2) is 5.78 Å². The molecule has 2 nitrogen and oxygen atoms in total. The van der Waals surface area contributed by atoms with Gasteiger partial charge in [0.05, 0.1) is 17.0 Å². The summed E-state index contributed by atoms with van der Waals surface area (Å²) in [5.41, 5.74) is 0.379. The molecule has 0 heterocycles. The number of ketones is 1. The third-order valence-electron chi connectivity index (χ3n) is 2.50. The van der Waals surface area contributed by atoms with Crippen LogP contribution in [-0.2, 0) is 0 Å². The van der Waals surface area contributed by atoms with Gasteiger partial charge in [0.25, 0.3) is 0 Å². The Labute approximate surface area is 91.3 Å². The fourth-order valence-electron chi connectivity index (χ4n) is 1.49. The average Bonchev–Trinajstić information content (AvgIpc) is 3.00. The number of carbonyl (C=O) groups is 1. The number of halogens is 2. The van der Waals surface area contributed by atoms with Gasteiger partial charge in [0.15, 0.2) is 5.78 Å². The minimum atomic E-state index is -0.541. The third-order valence-corrected chi connectivity index (χ3v) is 2.79. The molecule has 1 aliphatic rings. The average molecular weight is 224 g/mol. The quantitative estimate of drug-likeness (QED) is 0.724. The topological polar surface area (TPSA) is 40.9 Å². The predicted octanol–water partition coefficient (Wildman–Crippen LogP) is 2.82. The maximum absolute atomic E-state index is 12.8. The lowest BCUT2D eigenvalue weighted by atomic mass is 10.1. The van der Waals surface area contributed by atoms with Crippen molar-refractivity contribution in [3.8, 4) is 6.07 Å². The van der Waals surface area contributed by atoms with E-state index in [0.29, 0.717) is 12.0 Å². The molecule has 0 amide bonds. The van der Waals surface area contributed by atoms with Crippen LogP contribution in [0.15, 0.2) is 18.2 Å². The minimum Gasteiger partial charge on any atom is -0.294 e. The molecule has 1 aromatic rings. The lowest BCUT2D eigenvalue weighted by molar-refractivity contribution is 0.0964. The number of hydrogen-bond donors (Lipinski definition) is 0. The maximum atomic E-state index is 12.8. The normalized spacial score (nSPS) is 23.3. The molecule has 4 heteroatoms. The summed E-state index contributed by atoms with van der Waals surface area (Å²) in [6.07, 6.45) is 0.602. The minimum absolute atomic E-state index is 0.0602. The highest BCUT2D eigenvalue weighted by Gasteiger charge is 2.43. The van der Waals surface area contributed by atoms with Crippen LogP contribution in [0.5, 0.6) is 0 Å². The van der Waals surface area contributed by atoms with Crippen molar-refractivity contribution in [1.29, 1.82) is 5.26 Å². The maximum Gasteiger partial charge on any atom is 0.167 e. The molecule has 1 aromatic carbocycles. The molecule has 2 rings (SSSR count). The number of benzene rings is 1. The summed E-state index contributed by atoms with van der Waals surface area (Å²) in [5, 5.41) is 8.52. The summed E-state index contributed by atoms with van der Waals surface area (Å²) in [4.78, 5) is 11.7. The number of hydrogen-bond acceptors (Lipinski definition) is 2. The molecule has 0 aromatic heterocycles. The van der Waals surface area contributed by atoms with Gasteiger partial charge in [-0.05, 0) is 24.6 Å². The van der Waals surface area contributed by atoms with Gasteiger partial charge >= 0.3 is 0 Å². The molecule has 15 heavy (non-hydrogen) atoms. The first-order valence-electron chi connectivity index (χ1n) is 4.52. The van der Waals surface area contributed by atoms with Crippen LogP contribution in [0.4, 0.5) is 4.39 Å². The van der Waals surface area contributed by atoms with Crippen molar-refractivity contribution in [2.45, 2.75) is 6.42 Å². The molecule has 2 atom stereocenters. The Hall–Kier alpha value is -1.40. The zero-order valence-electron chi connectivity index (χ0n) is 7.71. The molecule has 0 spiro atoms. The Bertz CT molecular complexity index is 466. The first-order chi connectivity index (χ1) is 7.13. The van der Waals surface area contributed by atoms with Gasteiger partial charge in [-0.1, -0.05) is 11.6 Å². The van der Waals surface area contributed by atoms with Gasteiger partial charge in [0.2, 0.25) is 0 Å². The molecule has 1 fully saturated rings. The summed E-state index contributed by atoms with van der Waals surface area (Å²) >= 11 is 5.56. The summed E-state index contributed by atoms with van der Waals surface area (Å²) in [5.74, 6) is -1.07. The zero-order valence-corrected chi connectivity index (χ0v) is 8.46. The van der Waals surface area contributed by atoms with E-state index in [4.69, 9.17) is 16.9 Å². The lowest BCUT2D eigenvalue weighted by Crippen LogP contribution is -2.03. The van der Waals surface area contributed by atoms with Gasteiger partial charge in [-0.3, -0.25) is 4.79 Å². The van der Waals surface area contributed by atoms with Crippen LogP contribution in [0, 0.1) is 29.0 Å². The Kier molecular flexibility index (Phi) is 2.45. The molecular formula is C11H7ClFNO. The highest BCUT2D eigenvalue weighted by molar-refractivity contribution is 6.31. The Morgan fingerprint density at radius 1 is 1.60 bits per heavy atom. The second-order valence-electron chi connectivity index (χ2n) is 3.57. The third kappa shape index (κ3) is 1.86. The SMILES string of the molecule is N#C[C@H]1C[C@@H]1C(=O)c1ccc(F)c(Cl)c1. The van der Waals surface area contributed by atoms with E-state index in [1.807, 2.05) is 6.07 Å². The van der Waals surface area contributed by atoms with Crippen molar-refractivity contribution >= 4 is 17.4 Å². The van der Waals surface area contributed by atoms with Gasteiger partial charge in [-0.15, -0.1) is 0 Å². The van der Waals surface area contributed by atoms with Gasteiger partial charge < -0.3 is 0 Å². The van der Waals surface area contributed by atoms with Crippen molar-refractivity contribution in [2.24, 2.45) is 11.8 Å². The van der Waals surface area contributed by atoms with Crippen molar-refractivity contribution in [3.63, 3.8) is 0 Å². The molecule has 1 saturated carbocycles. The Morgan fingerprint density at radius 2 is 2.33 bits per heavy atom. The number of rotatable bonds is 2. The van der Waals surface area contributed by atoms with E-state index in [1.165, 1.54) is 18.2 Å². The first-order valence-corrected chi connectivity index (χ1v) is 4.90. The molecule has 0 aliphatic heterocycles. The highest BCUT2D eigenvalue weighted by atomic mass is 35.5. The summed E-state index contributed by atoms with van der Waals surface area (Å²) in [6, 6.07) is 5.91. The second kappa shape index (κ2) is 3.63. The van der Waals surface area contributed by atoms with E-state index in [-0.39, 0.29) is 22.6 Å². The Morgan fingerprint density at radius 3 is 2.87 bits per heavy atom. The van der Waals surface area contributed by atoms with Gasteiger partial charge in [0.1, 0.15) is 5.82 Å². The molecule has 0 radical (unpaired) electrons. The van der Waals surface area contributed by atoms with Gasteiger partial charge in [-0.2, -0.15) is 5.26 Å². The zero-order chi connectivity index (χ0) is 11.0. The molecule has 76 valence electrons. The molecule has 0 saturated heterocycles. The predicted molar refractivity (Wildman–Crippen MR) is 53.0 cm³/mol. The first kappa shape index (κ1) is 10.1. The van der Waals surface area contributed by atoms with Gasteiger partial charge in [0, 0.05) is 11.5 Å². The van der Waals surface area contributed by atoms with Crippen LogP contribution in [0.1, 0.15) is 16.8 Å². The van der Waals surface area contributed by atoms with Crippen molar-refractivity contribution in [3.05, 3.63) is 34.6 Å². The fourth-order valence-corrected chi connectivity index (χ4v) is 1.67. The standard InChI is InChI=1S/C11H7ClFNO/c12-9-4-6(1-2-10(9)13)11(15)8-3-7(8)5-14/h1-2,4,7-8H,3H2/t7-,8+/m1/s1. The van der Waals surface area contributed by atoms with E-state index < -0.39 is 5.82 Å². The van der Waals surface area contributed by atoms with Crippen LogP contribution >= 0.6 is 11.6 Å². The van der Waals surface area contributed by atoms with E-state index in [9.17, 15) is 9.18 Å². The van der Waals surface area contributed by atoms with Crippen molar-refractivity contribution in [2.75, 3.05) is 0 Å². The summed E-state index contributed by atoms with van der Waals surface area (Å²) in [6.45, 7) is 0. The van der Waals surface area contributed by atoms with Crippen molar-refractivity contribution in [1.82, 2.24) is 0 Å². The fraction of sp³-hybridized carbons (Fsp3) is 0.273. The van der Waals surface area contributed by atoms with Crippen molar-refractivity contribution < 1.29 is 9.18 Å². The van der Waals surface area contributed by atoms with Crippen LogP contribution in [0.25, 0.3) is 0 Å². The van der Waals surface area contributed by atoms with Crippen LogP contribution in [0.2, 0.25) is 5.02 Å². The molecule has 0 N–H and O–H groups in total. The number of carbonyl (C=O) groups excluding carboxylic acids is 1. The molecule has 1 aliphatic carbocycles. The van der Waals surface area contributed by atoms with Gasteiger partial charge in [-0.25, -0.2) is 4.39 Å². The van der Waals surface area contributed by atoms with E-state index >= 15 is 0 Å². The highest BCUT2D eigenvalue weighted by Crippen LogP contribution is 2.40. The van der Waals surface area contributed by atoms with E-state index in [2.05, 4.69) is 0 Å². The molecule has 0 unspecified atom stereocenters. The Balaban J connectivity index is 2.21. The summed E-state index contributed by atoms with van der Waals surface area (Å²) in [7, 11) is 0. The number of nitrogens with zero attached hydrogens (tertiary/aromatic N) is 1. The molecular weight excluding hydrogens is 217 g/mol. The number of nitriles is 1. The largest absolute Gasteiger partial charge is 0.294 e. The monoisotopic (exact) mass is 223 g/mol. The summed E-state index contributed by atoms with van der Waals surface area (Å²) < 4.78 is 12.8. The molecule has 0 bridgehead atoms. The smallest absolute Gasteiger partial charge is 0.167 e.